The van der Waals surface area contributed by atoms with E-state index in [4.69, 9.17) is 21.1 Å². The van der Waals surface area contributed by atoms with Gasteiger partial charge < -0.3 is 9.47 Å². The van der Waals surface area contributed by atoms with Crippen molar-refractivity contribution in [3.05, 3.63) is 46.6 Å². The van der Waals surface area contributed by atoms with Gasteiger partial charge in [0.1, 0.15) is 11.6 Å². The largest absolute Gasteiger partial charge is 0.471 e. The van der Waals surface area contributed by atoms with Crippen LogP contribution in [0, 0.1) is 0 Å². The highest BCUT2D eigenvalue weighted by molar-refractivity contribution is 6.34. The highest BCUT2D eigenvalue weighted by Crippen LogP contribution is 2.26. The van der Waals surface area contributed by atoms with Gasteiger partial charge >= 0.3 is 5.97 Å². The average Bonchev–Trinajstić information content (AvgIpc) is 2.79. The third-order valence-electron chi connectivity index (χ3n) is 2.37. The fourth-order valence-corrected chi connectivity index (χ4v) is 1.69. The Bertz CT molecular complexity index is 554. The molecule has 1 aromatic carbocycles. The van der Waals surface area contributed by atoms with Crippen molar-refractivity contribution in [2.75, 3.05) is 6.61 Å². The molecular formula is C13H13ClN2O3. The van der Waals surface area contributed by atoms with Crippen LogP contribution in [0.25, 0.3) is 0 Å². The van der Waals surface area contributed by atoms with Crippen molar-refractivity contribution in [1.82, 2.24) is 10.2 Å². The minimum Gasteiger partial charge on any atom is -0.471 e. The molecule has 2 aromatic rings. The summed E-state index contributed by atoms with van der Waals surface area (Å²) in [5.74, 6) is -0.358. The molecule has 5 nitrogen and oxygen atoms in total. The van der Waals surface area contributed by atoms with Gasteiger partial charge in [0.15, 0.2) is 5.69 Å². The highest BCUT2D eigenvalue weighted by Gasteiger charge is 2.19. The summed E-state index contributed by atoms with van der Waals surface area (Å²) in [7, 11) is 0. The van der Waals surface area contributed by atoms with Crippen LogP contribution in [-0.4, -0.2) is 22.8 Å². The first-order valence-electron chi connectivity index (χ1n) is 5.80. The standard InChI is InChI=1S/C13H13ClN2O3/c1-2-18-13(17)11-10(14)12(16-15-11)19-8-9-6-4-3-5-7-9/h3-7H,2,8H2,1H3,(H,15,16). The van der Waals surface area contributed by atoms with Crippen LogP contribution >= 0.6 is 11.6 Å². The predicted octanol–water partition coefficient (Wildman–Crippen LogP) is 2.82. The molecule has 0 bridgehead atoms. The van der Waals surface area contributed by atoms with Crippen molar-refractivity contribution in [2.24, 2.45) is 0 Å². The third-order valence-corrected chi connectivity index (χ3v) is 2.73. The summed E-state index contributed by atoms with van der Waals surface area (Å²) in [6.07, 6.45) is 0. The van der Waals surface area contributed by atoms with Crippen molar-refractivity contribution in [3.8, 4) is 5.88 Å². The number of rotatable bonds is 5. The Labute approximate surface area is 115 Å². The molecule has 0 saturated heterocycles. The number of hydrogen-bond donors (Lipinski definition) is 1. The molecular weight excluding hydrogens is 268 g/mol. The number of carbonyl (C=O) groups is 1. The Kier molecular flexibility index (Phi) is 4.41. The van der Waals surface area contributed by atoms with Gasteiger partial charge in [0.05, 0.1) is 6.61 Å². The van der Waals surface area contributed by atoms with E-state index in [0.29, 0.717) is 6.61 Å². The van der Waals surface area contributed by atoms with Gasteiger partial charge in [-0.3, -0.25) is 5.10 Å². The summed E-state index contributed by atoms with van der Waals surface area (Å²) < 4.78 is 10.3. The van der Waals surface area contributed by atoms with Crippen LogP contribution in [0.2, 0.25) is 5.02 Å². The fourth-order valence-electron chi connectivity index (χ4n) is 1.47. The normalized spacial score (nSPS) is 10.2. The van der Waals surface area contributed by atoms with Gasteiger partial charge in [-0.2, -0.15) is 0 Å². The molecule has 0 spiro atoms. The maximum atomic E-state index is 11.5. The van der Waals surface area contributed by atoms with E-state index in [2.05, 4.69) is 10.2 Å². The molecule has 0 aliphatic carbocycles. The summed E-state index contributed by atoms with van der Waals surface area (Å²) in [4.78, 5) is 11.5. The minimum absolute atomic E-state index is 0.103. The van der Waals surface area contributed by atoms with E-state index in [-0.39, 0.29) is 23.2 Å². The Hall–Kier alpha value is -2.01. The highest BCUT2D eigenvalue weighted by atomic mass is 35.5. The summed E-state index contributed by atoms with van der Waals surface area (Å²) in [6.45, 7) is 2.32. The van der Waals surface area contributed by atoms with Gasteiger partial charge in [0, 0.05) is 0 Å². The third kappa shape index (κ3) is 3.26. The van der Waals surface area contributed by atoms with E-state index in [1.807, 2.05) is 30.3 Å². The molecule has 0 aliphatic heterocycles. The maximum absolute atomic E-state index is 11.5. The van der Waals surface area contributed by atoms with Crippen LogP contribution in [0.3, 0.4) is 0 Å². The molecule has 0 atom stereocenters. The lowest BCUT2D eigenvalue weighted by molar-refractivity contribution is 0.0519. The van der Waals surface area contributed by atoms with Gasteiger partial charge in [-0.1, -0.05) is 41.9 Å². The SMILES string of the molecule is CCOC(=O)c1[nH]nc(OCc2ccccc2)c1Cl. The first kappa shape index (κ1) is 13.4. The van der Waals surface area contributed by atoms with Gasteiger partial charge in [0.2, 0.25) is 0 Å². The van der Waals surface area contributed by atoms with Crippen molar-refractivity contribution in [2.45, 2.75) is 13.5 Å². The van der Waals surface area contributed by atoms with Crippen molar-refractivity contribution in [1.29, 1.82) is 0 Å². The molecule has 0 unspecified atom stereocenters. The predicted molar refractivity (Wildman–Crippen MR) is 70.3 cm³/mol. The summed E-state index contributed by atoms with van der Waals surface area (Å²) >= 11 is 6.00. The number of nitrogens with one attached hydrogen (secondary N) is 1. The molecule has 19 heavy (non-hydrogen) atoms. The van der Waals surface area contributed by atoms with Crippen LogP contribution < -0.4 is 4.74 Å². The molecule has 6 heteroatoms. The van der Waals surface area contributed by atoms with Gasteiger partial charge in [0.25, 0.3) is 5.88 Å². The lowest BCUT2D eigenvalue weighted by Crippen LogP contribution is -2.05. The zero-order chi connectivity index (χ0) is 13.7. The first-order chi connectivity index (χ1) is 9.22. The van der Waals surface area contributed by atoms with Gasteiger partial charge in [-0.15, -0.1) is 5.10 Å². The maximum Gasteiger partial charge on any atom is 0.358 e. The monoisotopic (exact) mass is 280 g/mol. The van der Waals surface area contributed by atoms with Crippen LogP contribution in [0.5, 0.6) is 5.88 Å². The molecule has 0 aliphatic rings. The number of benzene rings is 1. The number of aromatic nitrogens is 2. The molecule has 2 rings (SSSR count). The molecule has 1 heterocycles. The van der Waals surface area contributed by atoms with Crippen molar-refractivity contribution in [3.63, 3.8) is 0 Å². The lowest BCUT2D eigenvalue weighted by atomic mass is 10.2. The topological polar surface area (TPSA) is 64.2 Å². The van der Waals surface area contributed by atoms with E-state index < -0.39 is 5.97 Å². The molecule has 1 aromatic heterocycles. The van der Waals surface area contributed by atoms with Crippen molar-refractivity contribution >= 4 is 17.6 Å². The molecule has 100 valence electrons. The Morgan fingerprint density at radius 3 is 2.79 bits per heavy atom. The number of halogens is 1. The van der Waals surface area contributed by atoms with Crippen LogP contribution in [0.4, 0.5) is 0 Å². The minimum atomic E-state index is -0.547. The molecule has 1 N–H and O–H groups in total. The Morgan fingerprint density at radius 2 is 2.11 bits per heavy atom. The van der Waals surface area contributed by atoms with Crippen LogP contribution in [0.1, 0.15) is 23.0 Å². The zero-order valence-electron chi connectivity index (χ0n) is 10.4. The zero-order valence-corrected chi connectivity index (χ0v) is 11.1. The summed E-state index contributed by atoms with van der Waals surface area (Å²) in [6, 6.07) is 9.59. The second-order valence-electron chi connectivity index (χ2n) is 3.71. The van der Waals surface area contributed by atoms with Crippen LogP contribution in [-0.2, 0) is 11.3 Å². The van der Waals surface area contributed by atoms with E-state index >= 15 is 0 Å². The van der Waals surface area contributed by atoms with Crippen LogP contribution in [0.15, 0.2) is 30.3 Å². The first-order valence-corrected chi connectivity index (χ1v) is 6.18. The number of carbonyl (C=O) groups excluding carboxylic acids is 1. The summed E-state index contributed by atoms with van der Waals surface area (Å²) in [5, 5.41) is 6.50. The molecule has 0 fully saturated rings. The number of aromatic amines is 1. The van der Waals surface area contributed by atoms with Gasteiger partial charge in [-0.25, -0.2) is 4.79 Å². The number of H-pyrrole nitrogens is 1. The van der Waals surface area contributed by atoms with E-state index in [1.165, 1.54) is 0 Å². The Morgan fingerprint density at radius 1 is 1.37 bits per heavy atom. The van der Waals surface area contributed by atoms with E-state index in [9.17, 15) is 4.79 Å². The molecule has 0 saturated carbocycles. The smallest absolute Gasteiger partial charge is 0.358 e. The van der Waals surface area contributed by atoms with Gasteiger partial charge in [-0.05, 0) is 12.5 Å². The number of esters is 1. The molecule has 0 radical (unpaired) electrons. The number of ether oxygens (including phenoxy) is 2. The second-order valence-corrected chi connectivity index (χ2v) is 4.09. The summed E-state index contributed by atoms with van der Waals surface area (Å²) in [5.41, 5.74) is 1.09. The Balaban J connectivity index is 2.04. The number of nitrogens with zero attached hydrogens (tertiary/aromatic N) is 1. The molecule has 0 amide bonds. The lowest BCUT2D eigenvalue weighted by Gasteiger charge is -2.03. The quantitative estimate of drug-likeness (QED) is 0.856. The van der Waals surface area contributed by atoms with Crippen molar-refractivity contribution < 1.29 is 14.3 Å². The number of hydrogen-bond acceptors (Lipinski definition) is 4. The fraction of sp³-hybridized carbons (Fsp3) is 0.231. The average molecular weight is 281 g/mol. The second kappa shape index (κ2) is 6.24. The van der Waals surface area contributed by atoms with E-state index in [1.54, 1.807) is 6.92 Å². The van der Waals surface area contributed by atoms with E-state index in [0.717, 1.165) is 5.56 Å².